The summed E-state index contributed by atoms with van der Waals surface area (Å²) in [5, 5.41) is 9.68. The molecule has 2 aromatic carbocycles. The molecule has 4 aromatic rings. The SMILES string of the molecule is C[C@@H]1CN(c2ncc(CO)cc2Cl)CCN1c1nc2c(-c3ccc(C(F)(F)F)cc3)cc(C(F)(F)F)cc2[nH]1. The highest BCUT2D eigenvalue weighted by molar-refractivity contribution is 6.33. The molecule has 1 saturated heterocycles. The highest BCUT2D eigenvalue weighted by atomic mass is 35.5. The minimum Gasteiger partial charge on any atom is -0.392 e. The van der Waals surface area contributed by atoms with Crippen molar-refractivity contribution in [1.29, 1.82) is 0 Å². The van der Waals surface area contributed by atoms with E-state index >= 15 is 0 Å². The first-order chi connectivity index (χ1) is 18.3. The number of piperazine rings is 1. The van der Waals surface area contributed by atoms with Crippen molar-refractivity contribution in [3.63, 3.8) is 0 Å². The van der Waals surface area contributed by atoms with Crippen LogP contribution in [0.25, 0.3) is 22.2 Å². The van der Waals surface area contributed by atoms with E-state index in [1.165, 1.54) is 0 Å². The van der Waals surface area contributed by atoms with E-state index in [1.54, 1.807) is 12.3 Å². The van der Waals surface area contributed by atoms with Crippen molar-refractivity contribution >= 4 is 34.4 Å². The number of pyridine rings is 1. The molecule has 1 aliphatic rings. The third-order valence-corrected chi connectivity index (χ3v) is 6.96. The molecule has 0 saturated carbocycles. The average molecular weight is 570 g/mol. The van der Waals surface area contributed by atoms with Crippen LogP contribution in [0.1, 0.15) is 23.6 Å². The summed E-state index contributed by atoms with van der Waals surface area (Å²) in [7, 11) is 0. The van der Waals surface area contributed by atoms with Crippen LogP contribution in [0.4, 0.5) is 38.1 Å². The Morgan fingerprint density at radius 1 is 1.00 bits per heavy atom. The predicted octanol–water partition coefficient (Wildman–Crippen LogP) is 6.52. The van der Waals surface area contributed by atoms with Crippen molar-refractivity contribution < 1.29 is 31.4 Å². The van der Waals surface area contributed by atoms with Gasteiger partial charge in [0, 0.05) is 37.4 Å². The number of aromatic amines is 1. The van der Waals surface area contributed by atoms with Crippen molar-refractivity contribution in [2.45, 2.75) is 31.9 Å². The Hall–Kier alpha value is -3.51. The van der Waals surface area contributed by atoms with Gasteiger partial charge >= 0.3 is 12.4 Å². The smallest absolute Gasteiger partial charge is 0.392 e. The molecule has 6 nitrogen and oxygen atoms in total. The molecule has 3 heterocycles. The lowest BCUT2D eigenvalue weighted by molar-refractivity contribution is -0.138. The molecule has 0 aliphatic carbocycles. The Morgan fingerprint density at radius 2 is 1.69 bits per heavy atom. The fourth-order valence-corrected chi connectivity index (χ4v) is 5.03. The number of benzene rings is 2. The Morgan fingerprint density at radius 3 is 2.28 bits per heavy atom. The van der Waals surface area contributed by atoms with Gasteiger partial charge < -0.3 is 19.9 Å². The van der Waals surface area contributed by atoms with Gasteiger partial charge in [-0.2, -0.15) is 26.3 Å². The maximum atomic E-state index is 13.7. The standard InChI is InChI=1S/C26H22ClF6N5O/c1-14-12-37(23-20(27)8-15(13-39)11-34-23)6-7-38(14)24-35-21-10-18(26(31,32)33)9-19(22(21)36-24)16-2-4-17(5-3-16)25(28,29)30/h2-5,8-11,14,39H,6-7,12-13H2,1H3,(H,35,36)/t14-/m1/s1. The summed E-state index contributed by atoms with van der Waals surface area (Å²) in [5.41, 5.74) is -0.663. The zero-order valence-corrected chi connectivity index (χ0v) is 21.2. The van der Waals surface area contributed by atoms with Gasteiger partial charge in [-0.15, -0.1) is 0 Å². The van der Waals surface area contributed by atoms with E-state index in [-0.39, 0.29) is 34.8 Å². The number of aliphatic hydroxyl groups is 1. The van der Waals surface area contributed by atoms with Gasteiger partial charge in [0.15, 0.2) is 0 Å². The second-order valence-electron chi connectivity index (χ2n) is 9.35. The Labute approximate surface area is 223 Å². The van der Waals surface area contributed by atoms with Gasteiger partial charge in [0.2, 0.25) is 5.95 Å². The maximum absolute atomic E-state index is 13.7. The largest absolute Gasteiger partial charge is 0.416 e. The van der Waals surface area contributed by atoms with E-state index in [9.17, 15) is 31.4 Å². The van der Waals surface area contributed by atoms with Crippen LogP contribution in [0.2, 0.25) is 5.02 Å². The van der Waals surface area contributed by atoms with E-state index in [1.807, 2.05) is 16.7 Å². The number of alkyl halides is 6. The van der Waals surface area contributed by atoms with Crippen molar-refractivity contribution in [2.75, 3.05) is 29.4 Å². The van der Waals surface area contributed by atoms with Crippen LogP contribution in [0.5, 0.6) is 0 Å². The van der Waals surface area contributed by atoms with Crippen LogP contribution in [0.15, 0.2) is 48.7 Å². The first-order valence-electron chi connectivity index (χ1n) is 11.9. The van der Waals surface area contributed by atoms with Crippen LogP contribution in [0.3, 0.4) is 0 Å². The molecule has 1 atom stereocenters. The number of H-pyrrole nitrogens is 1. The molecule has 0 amide bonds. The molecule has 1 aliphatic heterocycles. The Bertz CT molecular complexity index is 1500. The summed E-state index contributed by atoms with van der Waals surface area (Å²) < 4.78 is 80.2. The Kier molecular flexibility index (Phi) is 6.88. The topological polar surface area (TPSA) is 68.3 Å². The van der Waals surface area contributed by atoms with Gasteiger partial charge in [-0.3, -0.25) is 0 Å². The van der Waals surface area contributed by atoms with Gasteiger partial charge in [0.25, 0.3) is 0 Å². The summed E-state index contributed by atoms with van der Waals surface area (Å²) >= 11 is 6.36. The molecule has 5 rings (SSSR count). The Balaban J connectivity index is 1.49. The fraction of sp³-hybridized carbons (Fsp3) is 0.308. The first kappa shape index (κ1) is 27.1. The summed E-state index contributed by atoms with van der Waals surface area (Å²) in [6, 6.07) is 7.31. The van der Waals surface area contributed by atoms with Crippen LogP contribution >= 0.6 is 11.6 Å². The first-order valence-corrected chi connectivity index (χ1v) is 12.3. The summed E-state index contributed by atoms with van der Waals surface area (Å²) in [5.74, 6) is 0.906. The molecule has 0 radical (unpaired) electrons. The normalized spacial score (nSPS) is 16.8. The van der Waals surface area contributed by atoms with Gasteiger partial charge in [0.1, 0.15) is 5.82 Å². The van der Waals surface area contributed by atoms with Crippen molar-refractivity contribution in [1.82, 2.24) is 15.0 Å². The molecule has 1 fully saturated rings. The van der Waals surface area contributed by atoms with E-state index in [0.717, 1.165) is 36.4 Å². The van der Waals surface area contributed by atoms with E-state index in [2.05, 4.69) is 15.0 Å². The van der Waals surface area contributed by atoms with Crippen LogP contribution in [-0.4, -0.2) is 45.7 Å². The lowest BCUT2D eigenvalue weighted by Crippen LogP contribution is -2.52. The number of nitrogens with zero attached hydrogens (tertiary/aromatic N) is 4. The van der Waals surface area contributed by atoms with Gasteiger partial charge in [0.05, 0.1) is 33.8 Å². The number of hydrogen-bond acceptors (Lipinski definition) is 5. The molecule has 0 unspecified atom stereocenters. The van der Waals surface area contributed by atoms with Crippen LogP contribution in [-0.2, 0) is 19.0 Å². The molecular weight excluding hydrogens is 548 g/mol. The highest BCUT2D eigenvalue weighted by Gasteiger charge is 2.34. The number of aromatic nitrogens is 3. The second kappa shape index (κ2) is 9.91. The van der Waals surface area contributed by atoms with Crippen molar-refractivity contribution in [2.24, 2.45) is 0 Å². The highest BCUT2D eigenvalue weighted by Crippen LogP contribution is 2.39. The minimum absolute atomic E-state index is 0.0716. The molecule has 13 heteroatoms. The zero-order chi connectivity index (χ0) is 28.1. The third-order valence-electron chi connectivity index (χ3n) is 6.68. The quantitative estimate of drug-likeness (QED) is 0.274. The molecular formula is C26H22ClF6N5O. The number of nitrogens with one attached hydrogen (secondary N) is 1. The number of aliphatic hydroxyl groups excluding tert-OH is 1. The molecule has 0 bridgehead atoms. The van der Waals surface area contributed by atoms with Crippen LogP contribution < -0.4 is 9.80 Å². The van der Waals surface area contributed by atoms with Gasteiger partial charge in [-0.1, -0.05) is 23.7 Å². The van der Waals surface area contributed by atoms with E-state index < -0.39 is 23.5 Å². The number of rotatable bonds is 4. The summed E-state index contributed by atoms with van der Waals surface area (Å²) in [6.45, 7) is 3.16. The maximum Gasteiger partial charge on any atom is 0.416 e. The summed E-state index contributed by atoms with van der Waals surface area (Å²) in [4.78, 5) is 15.8. The molecule has 39 heavy (non-hydrogen) atoms. The van der Waals surface area contributed by atoms with Gasteiger partial charge in [-0.25, -0.2) is 9.97 Å². The molecule has 0 spiro atoms. The lowest BCUT2D eigenvalue weighted by Gasteiger charge is -2.40. The average Bonchev–Trinajstić information content (AvgIpc) is 3.31. The number of hydrogen-bond donors (Lipinski definition) is 2. The second-order valence-corrected chi connectivity index (χ2v) is 9.76. The van der Waals surface area contributed by atoms with Crippen molar-refractivity contribution in [3.05, 3.63) is 70.4 Å². The number of anilines is 2. The number of fused-ring (bicyclic) bond motifs is 1. The van der Waals surface area contributed by atoms with E-state index in [0.29, 0.717) is 42.0 Å². The fourth-order valence-electron chi connectivity index (χ4n) is 4.72. The van der Waals surface area contributed by atoms with E-state index in [4.69, 9.17) is 11.6 Å². The lowest BCUT2D eigenvalue weighted by atomic mass is 9.99. The minimum atomic E-state index is -4.67. The van der Waals surface area contributed by atoms with Crippen LogP contribution in [0, 0.1) is 0 Å². The molecule has 206 valence electrons. The number of imidazole rings is 1. The predicted molar refractivity (Wildman–Crippen MR) is 136 cm³/mol. The summed E-state index contributed by atoms with van der Waals surface area (Å²) in [6.07, 6.45) is -7.70. The number of halogens is 7. The van der Waals surface area contributed by atoms with Gasteiger partial charge in [-0.05, 0) is 48.4 Å². The third kappa shape index (κ3) is 5.35. The molecule has 2 aromatic heterocycles. The monoisotopic (exact) mass is 569 g/mol. The molecule has 2 N–H and O–H groups in total. The van der Waals surface area contributed by atoms with Crippen molar-refractivity contribution in [3.8, 4) is 11.1 Å². The zero-order valence-electron chi connectivity index (χ0n) is 20.4.